The normalized spacial score (nSPS) is 12.2. The van der Waals surface area contributed by atoms with Crippen LogP contribution < -0.4 is 4.31 Å². The summed E-state index contributed by atoms with van der Waals surface area (Å²) in [7, 11) is -3.09. The Morgan fingerprint density at radius 3 is 2.38 bits per heavy atom. The Morgan fingerprint density at radius 1 is 1.12 bits per heavy atom. The summed E-state index contributed by atoms with van der Waals surface area (Å²) < 4.78 is 84.6. The Kier molecular flexibility index (Phi) is 6.80. The van der Waals surface area contributed by atoms with Crippen LogP contribution in [0.3, 0.4) is 0 Å². The summed E-state index contributed by atoms with van der Waals surface area (Å²) in [5.41, 5.74) is 0.648. The Morgan fingerprint density at radius 2 is 1.78 bits per heavy atom. The average Bonchev–Trinajstić information content (AvgIpc) is 3.04. The van der Waals surface area contributed by atoms with Crippen LogP contribution in [-0.4, -0.2) is 34.2 Å². The van der Waals surface area contributed by atoms with Crippen LogP contribution in [0.4, 0.5) is 22.6 Å². The highest BCUT2D eigenvalue weighted by Crippen LogP contribution is 2.40. The molecule has 3 aromatic rings. The summed E-state index contributed by atoms with van der Waals surface area (Å²) in [6, 6.07) is 8.91. The van der Waals surface area contributed by atoms with Crippen molar-refractivity contribution in [2.45, 2.75) is 30.8 Å². The number of rotatable bonds is 7. The van der Waals surface area contributed by atoms with Gasteiger partial charge in [0.15, 0.2) is 0 Å². The molecule has 3 rings (SSSR count). The van der Waals surface area contributed by atoms with E-state index in [1.165, 1.54) is 49.6 Å². The number of anilines is 1. The molecular weight excluding hydrogens is 470 g/mol. The topological polar surface area (TPSA) is 63.7 Å². The fourth-order valence-corrected chi connectivity index (χ4v) is 6.22. The molecule has 0 saturated carbocycles. The van der Waals surface area contributed by atoms with Gasteiger partial charge in [0.2, 0.25) is 0 Å². The number of ether oxygens (including phenoxy) is 1. The van der Waals surface area contributed by atoms with Crippen molar-refractivity contribution < 1.29 is 35.5 Å². The number of thiophene rings is 1. The monoisotopic (exact) mass is 489 g/mol. The van der Waals surface area contributed by atoms with Gasteiger partial charge >= 0.3 is 12.1 Å². The second kappa shape index (κ2) is 9.07. The molecule has 1 heterocycles. The molecule has 0 aliphatic carbocycles. The van der Waals surface area contributed by atoms with Gasteiger partial charge in [-0.1, -0.05) is 6.07 Å². The van der Waals surface area contributed by atoms with Crippen LogP contribution in [0.2, 0.25) is 0 Å². The number of benzene rings is 2. The number of sulfonamides is 1. The van der Waals surface area contributed by atoms with Crippen molar-refractivity contribution in [1.29, 1.82) is 0 Å². The van der Waals surface area contributed by atoms with E-state index in [9.17, 15) is 30.8 Å². The molecule has 32 heavy (non-hydrogen) atoms. The molecule has 2 aromatic carbocycles. The standard InChI is InChI=1S/C21H19F4NO4S2/c1-13-17-9-6-15(22)12-18(17)31-19(13)26(11-3-10-21(23,24)25)32(28,29)16-7-4-14(5-8-16)20(27)30-2/h4-9,12H,3,10-11H2,1-2H3. The van der Waals surface area contributed by atoms with E-state index in [4.69, 9.17) is 0 Å². The zero-order valence-electron chi connectivity index (χ0n) is 17.1. The van der Waals surface area contributed by atoms with Gasteiger partial charge in [-0.2, -0.15) is 13.2 Å². The molecular formula is C21H19F4NO4S2. The number of carbonyl (C=O) groups is 1. The first-order valence-electron chi connectivity index (χ1n) is 9.40. The van der Waals surface area contributed by atoms with E-state index in [1.54, 1.807) is 6.92 Å². The van der Waals surface area contributed by atoms with Crippen LogP contribution in [-0.2, 0) is 14.8 Å². The van der Waals surface area contributed by atoms with E-state index in [2.05, 4.69) is 4.74 Å². The first-order valence-corrected chi connectivity index (χ1v) is 11.7. The lowest BCUT2D eigenvalue weighted by Gasteiger charge is -2.24. The number of hydrogen-bond donors (Lipinski definition) is 0. The third kappa shape index (κ3) is 5.04. The second-order valence-electron chi connectivity index (χ2n) is 6.98. The van der Waals surface area contributed by atoms with E-state index in [-0.39, 0.29) is 15.5 Å². The van der Waals surface area contributed by atoms with Gasteiger partial charge in [-0.3, -0.25) is 4.31 Å². The zero-order valence-corrected chi connectivity index (χ0v) is 18.7. The lowest BCUT2D eigenvalue weighted by molar-refractivity contribution is -0.134. The molecule has 0 atom stereocenters. The summed E-state index contributed by atoms with van der Waals surface area (Å²) in [5, 5.41) is 0.827. The van der Waals surface area contributed by atoms with Crippen molar-refractivity contribution in [2.24, 2.45) is 0 Å². The summed E-state index contributed by atoms with van der Waals surface area (Å²) in [5.74, 6) is -1.16. The van der Waals surface area contributed by atoms with Crippen molar-refractivity contribution in [3.05, 3.63) is 59.4 Å². The van der Waals surface area contributed by atoms with Crippen LogP contribution in [0.25, 0.3) is 10.1 Å². The minimum Gasteiger partial charge on any atom is -0.465 e. The van der Waals surface area contributed by atoms with Crippen LogP contribution in [0, 0.1) is 12.7 Å². The molecule has 172 valence electrons. The van der Waals surface area contributed by atoms with Crippen molar-refractivity contribution in [2.75, 3.05) is 18.0 Å². The number of carbonyl (C=O) groups excluding carboxylic acids is 1. The van der Waals surface area contributed by atoms with Gasteiger partial charge in [0.05, 0.1) is 17.6 Å². The predicted octanol–water partition coefficient (Wildman–Crippen LogP) is 5.67. The minimum atomic E-state index is -4.43. The van der Waals surface area contributed by atoms with Crippen molar-refractivity contribution >= 4 is 42.4 Å². The van der Waals surface area contributed by atoms with Gasteiger partial charge in [0, 0.05) is 17.7 Å². The van der Waals surface area contributed by atoms with Crippen molar-refractivity contribution in [1.82, 2.24) is 0 Å². The second-order valence-corrected chi connectivity index (χ2v) is 9.88. The fraction of sp³-hybridized carbons (Fsp3) is 0.286. The Labute approximate surface area is 186 Å². The maximum absolute atomic E-state index is 13.7. The lowest BCUT2D eigenvalue weighted by atomic mass is 10.2. The van der Waals surface area contributed by atoms with Gasteiger partial charge in [-0.25, -0.2) is 17.6 Å². The molecule has 0 unspecified atom stereocenters. The van der Waals surface area contributed by atoms with Crippen molar-refractivity contribution in [3.63, 3.8) is 0 Å². The quantitative estimate of drug-likeness (QED) is 0.317. The Hall–Kier alpha value is -2.66. The Balaban J connectivity index is 2.06. The molecule has 0 amide bonds. The summed E-state index contributed by atoms with van der Waals surface area (Å²) in [6.07, 6.45) is -6.04. The van der Waals surface area contributed by atoms with Gasteiger partial charge in [0.25, 0.3) is 10.0 Å². The fourth-order valence-electron chi connectivity index (χ4n) is 3.19. The van der Waals surface area contributed by atoms with Crippen LogP contribution in [0.15, 0.2) is 47.4 Å². The van der Waals surface area contributed by atoms with E-state index >= 15 is 0 Å². The number of aryl methyl sites for hydroxylation is 1. The first-order chi connectivity index (χ1) is 14.9. The molecule has 0 aliphatic rings. The maximum Gasteiger partial charge on any atom is 0.389 e. The molecule has 0 N–H and O–H groups in total. The number of hydrogen-bond acceptors (Lipinski definition) is 5. The molecule has 0 fully saturated rings. The highest BCUT2D eigenvalue weighted by Gasteiger charge is 2.31. The molecule has 0 bridgehead atoms. The van der Waals surface area contributed by atoms with Crippen LogP contribution in [0.5, 0.6) is 0 Å². The molecule has 0 saturated heterocycles. The predicted molar refractivity (Wildman–Crippen MR) is 114 cm³/mol. The third-order valence-electron chi connectivity index (χ3n) is 4.79. The minimum absolute atomic E-state index is 0.128. The van der Waals surface area contributed by atoms with E-state index in [1.807, 2.05) is 0 Å². The smallest absolute Gasteiger partial charge is 0.389 e. The molecule has 11 heteroatoms. The third-order valence-corrected chi connectivity index (χ3v) is 7.99. The van der Waals surface area contributed by atoms with Crippen LogP contribution in [0.1, 0.15) is 28.8 Å². The van der Waals surface area contributed by atoms with Crippen LogP contribution >= 0.6 is 11.3 Å². The Bertz CT molecular complexity index is 1240. The summed E-state index contributed by atoms with van der Waals surface area (Å²) >= 11 is 0.989. The first kappa shape index (κ1) is 24.0. The number of alkyl halides is 3. The molecule has 0 spiro atoms. The molecule has 1 aromatic heterocycles. The highest BCUT2D eigenvalue weighted by molar-refractivity contribution is 7.93. The van der Waals surface area contributed by atoms with Gasteiger partial charge in [-0.05, 0) is 60.7 Å². The number of methoxy groups -OCH3 is 1. The largest absolute Gasteiger partial charge is 0.465 e. The van der Waals surface area contributed by atoms with Gasteiger partial charge in [-0.15, -0.1) is 11.3 Å². The average molecular weight is 490 g/mol. The SMILES string of the molecule is COC(=O)c1ccc(S(=O)(=O)N(CCCC(F)(F)F)c2sc3cc(F)ccc3c2C)cc1. The van der Waals surface area contributed by atoms with E-state index < -0.39 is 47.4 Å². The molecule has 0 radical (unpaired) electrons. The number of halogens is 4. The number of esters is 1. The van der Waals surface area contributed by atoms with E-state index in [0.717, 1.165) is 15.6 Å². The highest BCUT2D eigenvalue weighted by atomic mass is 32.2. The summed E-state index contributed by atoms with van der Waals surface area (Å²) in [6.45, 7) is 1.22. The molecule has 0 aliphatic heterocycles. The van der Waals surface area contributed by atoms with E-state index in [0.29, 0.717) is 15.6 Å². The van der Waals surface area contributed by atoms with Gasteiger partial charge < -0.3 is 4.74 Å². The van der Waals surface area contributed by atoms with Gasteiger partial charge in [0.1, 0.15) is 10.8 Å². The molecule has 5 nitrogen and oxygen atoms in total. The zero-order chi connectivity index (χ0) is 23.7. The summed E-state index contributed by atoms with van der Waals surface area (Å²) in [4.78, 5) is 11.4. The lowest BCUT2D eigenvalue weighted by Crippen LogP contribution is -2.32. The maximum atomic E-state index is 13.7. The van der Waals surface area contributed by atoms with Crippen molar-refractivity contribution in [3.8, 4) is 0 Å². The number of nitrogens with zero attached hydrogens (tertiary/aromatic N) is 1. The number of fused-ring (bicyclic) bond motifs is 1.